The normalized spacial score (nSPS) is 20.0. The van der Waals surface area contributed by atoms with Crippen LogP contribution in [0.15, 0.2) is 0 Å². The fraction of sp³-hybridized carbons (Fsp3) is 0.917. The van der Waals surface area contributed by atoms with Crippen molar-refractivity contribution in [3.05, 3.63) is 0 Å². The van der Waals surface area contributed by atoms with Crippen molar-refractivity contribution in [3.8, 4) is 0 Å². The zero-order valence-electron chi connectivity index (χ0n) is 10.8. The summed E-state index contributed by atoms with van der Waals surface area (Å²) in [6, 6.07) is 0. The van der Waals surface area contributed by atoms with E-state index < -0.39 is 17.7 Å². The maximum atomic E-state index is 11.2. The Kier molecular flexibility index (Phi) is 4.77. The molecule has 0 aliphatic carbocycles. The highest BCUT2D eigenvalue weighted by Crippen LogP contribution is 2.22. The molecule has 1 amide bonds. The van der Waals surface area contributed by atoms with Crippen molar-refractivity contribution in [3.63, 3.8) is 0 Å². The van der Waals surface area contributed by atoms with Crippen LogP contribution in [0.5, 0.6) is 0 Å². The number of β-amino-alcohol motifs (C(OH)–C–C–N with tert-alkyl or cyclic N) is 1. The van der Waals surface area contributed by atoms with Crippen LogP contribution in [0.25, 0.3) is 0 Å². The lowest BCUT2D eigenvalue weighted by atomic mass is 9.92. The van der Waals surface area contributed by atoms with Gasteiger partial charge in [0, 0.05) is 18.8 Å². The standard InChI is InChI=1S/C12H23NO4/c1-12(2,3)13(11(15)16)8-10(14)9-4-6-17-7-5-9/h9-10,14H,4-8H2,1-3H3,(H,15,16). The van der Waals surface area contributed by atoms with Gasteiger partial charge in [-0.05, 0) is 39.5 Å². The molecule has 5 heteroatoms. The molecule has 1 rings (SSSR count). The van der Waals surface area contributed by atoms with Gasteiger partial charge in [0.1, 0.15) is 0 Å². The molecule has 0 spiro atoms. The first-order valence-corrected chi connectivity index (χ1v) is 6.08. The highest BCUT2D eigenvalue weighted by atomic mass is 16.5. The summed E-state index contributed by atoms with van der Waals surface area (Å²) in [7, 11) is 0. The Labute approximate surface area is 102 Å². The van der Waals surface area contributed by atoms with Crippen molar-refractivity contribution in [2.24, 2.45) is 5.92 Å². The van der Waals surface area contributed by atoms with Crippen molar-refractivity contribution >= 4 is 6.09 Å². The molecular weight excluding hydrogens is 222 g/mol. The largest absolute Gasteiger partial charge is 0.465 e. The summed E-state index contributed by atoms with van der Waals surface area (Å²) < 4.78 is 5.23. The molecule has 0 bridgehead atoms. The minimum Gasteiger partial charge on any atom is -0.465 e. The summed E-state index contributed by atoms with van der Waals surface area (Å²) in [6.45, 7) is 6.98. The van der Waals surface area contributed by atoms with Crippen LogP contribution >= 0.6 is 0 Å². The third-order valence-electron chi connectivity index (χ3n) is 3.22. The van der Waals surface area contributed by atoms with E-state index in [0.29, 0.717) is 13.2 Å². The topological polar surface area (TPSA) is 70.0 Å². The van der Waals surface area contributed by atoms with Gasteiger partial charge < -0.3 is 19.8 Å². The Morgan fingerprint density at radius 2 is 1.94 bits per heavy atom. The molecule has 0 aromatic heterocycles. The van der Waals surface area contributed by atoms with Gasteiger partial charge in [0.25, 0.3) is 0 Å². The molecule has 17 heavy (non-hydrogen) atoms. The van der Waals surface area contributed by atoms with Gasteiger partial charge in [-0.2, -0.15) is 0 Å². The summed E-state index contributed by atoms with van der Waals surface area (Å²) in [6.07, 6.45) is 0.0233. The maximum Gasteiger partial charge on any atom is 0.407 e. The molecule has 1 aliphatic heterocycles. The molecule has 2 N–H and O–H groups in total. The third-order valence-corrected chi connectivity index (χ3v) is 3.22. The SMILES string of the molecule is CC(C)(C)N(CC(O)C1CCOCC1)C(=O)O. The number of ether oxygens (including phenoxy) is 1. The second-order valence-electron chi connectivity index (χ2n) is 5.58. The van der Waals surface area contributed by atoms with E-state index in [9.17, 15) is 9.90 Å². The van der Waals surface area contributed by atoms with Gasteiger partial charge in [0.2, 0.25) is 0 Å². The number of hydrogen-bond acceptors (Lipinski definition) is 3. The Morgan fingerprint density at radius 1 is 1.41 bits per heavy atom. The Hall–Kier alpha value is -0.810. The molecule has 1 fully saturated rings. The monoisotopic (exact) mass is 245 g/mol. The van der Waals surface area contributed by atoms with Crippen molar-refractivity contribution in [2.75, 3.05) is 19.8 Å². The van der Waals surface area contributed by atoms with Gasteiger partial charge in [0.05, 0.1) is 12.6 Å². The first-order chi connectivity index (χ1) is 7.82. The van der Waals surface area contributed by atoms with Crippen LogP contribution in [-0.2, 0) is 4.74 Å². The highest BCUT2D eigenvalue weighted by molar-refractivity contribution is 5.66. The van der Waals surface area contributed by atoms with E-state index in [1.165, 1.54) is 4.90 Å². The number of amides is 1. The van der Waals surface area contributed by atoms with E-state index in [4.69, 9.17) is 9.84 Å². The number of carboxylic acid groups (broad SMARTS) is 1. The molecule has 0 radical (unpaired) electrons. The molecule has 0 aromatic rings. The molecule has 1 heterocycles. The Balaban J connectivity index is 2.57. The minimum atomic E-state index is -0.983. The summed E-state index contributed by atoms with van der Waals surface area (Å²) in [4.78, 5) is 12.5. The van der Waals surface area contributed by atoms with Gasteiger partial charge >= 0.3 is 6.09 Å². The number of hydrogen-bond donors (Lipinski definition) is 2. The summed E-state index contributed by atoms with van der Waals surface area (Å²) in [5.41, 5.74) is -0.488. The highest BCUT2D eigenvalue weighted by Gasteiger charge is 2.31. The van der Waals surface area contributed by atoms with Crippen LogP contribution in [0, 0.1) is 5.92 Å². The molecule has 1 saturated heterocycles. The predicted octanol–water partition coefficient (Wildman–Crippen LogP) is 1.55. The van der Waals surface area contributed by atoms with Crippen LogP contribution in [0.4, 0.5) is 4.79 Å². The lowest BCUT2D eigenvalue weighted by Gasteiger charge is -2.37. The smallest absolute Gasteiger partial charge is 0.407 e. The number of aliphatic hydroxyl groups excluding tert-OH is 1. The molecule has 1 atom stereocenters. The maximum absolute atomic E-state index is 11.2. The van der Waals surface area contributed by atoms with E-state index in [0.717, 1.165) is 12.8 Å². The molecule has 0 aromatic carbocycles. The quantitative estimate of drug-likeness (QED) is 0.791. The lowest BCUT2D eigenvalue weighted by molar-refractivity contribution is -0.0155. The van der Waals surface area contributed by atoms with Crippen molar-refractivity contribution in [1.82, 2.24) is 4.90 Å². The second-order valence-corrected chi connectivity index (χ2v) is 5.58. The number of aliphatic hydroxyl groups is 1. The van der Waals surface area contributed by atoms with Gasteiger partial charge in [-0.1, -0.05) is 0 Å². The van der Waals surface area contributed by atoms with Gasteiger partial charge in [0.15, 0.2) is 0 Å². The van der Waals surface area contributed by atoms with Crippen molar-refractivity contribution < 1.29 is 19.7 Å². The predicted molar refractivity (Wildman–Crippen MR) is 64.0 cm³/mol. The van der Waals surface area contributed by atoms with Gasteiger partial charge in [-0.25, -0.2) is 4.79 Å². The molecular formula is C12H23NO4. The summed E-state index contributed by atoms with van der Waals surface area (Å²) in [5.74, 6) is 0.146. The first-order valence-electron chi connectivity index (χ1n) is 6.08. The minimum absolute atomic E-state index is 0.146. The van der Waals surface area contributed by atoms with Crippen LogP contribution in [0.2, 0.25) is 0 Å². The average Bonchev–Trinajstić information content (AvgIpc) is 2.24. The molecule has 0 saturated carbocycles. The Bertz CT molecular complexity index is 256. The number of rotatable bonds is 3. The second kappa shape index (κ2) is 5.69. The molecule has 1 aliphatic rings. The van der Waals surface area contributed by atoms with Gasteiger partial charge in [-0.3, -0.25) is 0 Å². The van der Waals surface area contributed by atoms with Crippen LogP contribution in [0.3, 0.4) is 0 Å². The summed E-state index contributed by atoms with van der Waals surface area (Å²) >= 11 is 0. The van der Waals surface area contributed by atoms with Gasteiger partial charge in [-0.15, -0.1) is 0 Å². The first kappa shape index (κ1) is 14.3. The van der Waals surface area contributed by atoms with Crippen LogP contribution in [-0.4, -0.2) is 52.6 Å². The zero-order chi connectivity index (χ0) is 13.1. The van der Waals surface area contributed by atoms with E-state index in [1.807, 2.05) is 20.8 Å². The van der Waals surface area contributed by atoms with E-state index in [-0.39, 0.29) is 12.5 Å². The van der Waals surface area contributed by atoms with Crippen LogP contribution in [0.1, 0.15) is 33.6 Å². The lowest BCUT2D eigenvalue weighted by Crippen LogP contribution is -2.50. The van der Waals surface area contributed by atoms with Crippen LogP contribution < -0.4 is 0 Å². The van der Waals surface area contributed by atoms with Crippen molar-refractivity contribution in [2.45, 2.75) is 45.3 Å². The fourth-order valence-corrected chi connectivity index (χ4v) is 2.08. The third kappa shape index (κ3) is 4.16. The molecule has 100 valence electrons. The zero-order valence-corrected chi connectivity index (χ0v) is 10.8. The molecule has 1 unspecified atom stereocenters. The molecule has 5 nitrogen and oxygen atoms in total. The number of nitrogens with zero attached hydrogens (tertiary/aromatic N) is 1. The van der Waals surface area contributed by atoms with E-state index >= 15 is 0 Å². The number of carbonyl (C=O) groups is 1. The fourth-order valence-electron chi connectivity index (χ4n) is 2.08. The average molecular weight is 245 g/mol. The Morgan fingerprint density at radius 3 is 2.35 bits per heavy atom. The summed E-state index contributed by atoms with van der Waals surface area (Å²) in [5, 5.41) is 19.2. The van der Waals surface area contributed by atoms with E-state index in [2.05, 4.69) is 0 Å². The van der Waals surface area contributed by atoms with E-state index in [1.54, 1.807) is 0 Å². The van der Waals surface area contributed by atoms with Crippen molar-refractivity contribution in [1.29, 1.82) is 0 Å².